The topological polar surface area (TPSA) is 52.0 Å². The lowest BCUT2D eigenvalue weighted by atomic mass is 10.2. The highest BCUT2D eigenvalue weighted by molar-refractivity contribution is 9.10. The van der Waals surface area contributed by atoms with Gasteiger partial charge in [0, 0.05) is 23.6 Å². The second kappa shape index (κ2) is 6.85. The summed E-state index contributed by atoms with van der Waals surface area (Å²) in [6.07, 6.45) is 0. The first-order valence-corrected chi connectivity index (χ1v) is 7.38. The van der Waals surface area contributed by atoms with Crippen LogP contribution in [-0.2, 0) is 20.2 Å². The van der Waals surface area contributed by atoms with Crippen LogP contribution in [0.1, 0.15) is 24.1 Å². The summed E-state index contributed by atoms with van der Waals surface area (Å²) >= 11 is 3.49. The zero-order chi connectivity index (χ0) is 14.5. The number of benzene rings is 1. The SMILES string of the molecule is CCNCc1cc(Br)ccc1OCc1nnc(C)n1C. The number of hydrogen-bond donors (Lipinski definition) is 1. The van der Waals surface area contributed by atoms with Gasteiger partial charge in [0.25, 0.3) is 0 Å². The average molecular weight is 339 g/mol. The smallest absolute Gasteiger partial charge is 0.170 e. The van der Waals surface area contributed by atoms with Gasteiger partial charge in [-0.3, -0.25) is 0 Å². The molecule has 0 aliphatic carbocycles. The number of ether oxygens (including phenoxy) is 1. The van der Waals surface area contributed by atoms with Crippen molar-refractivity contribution < 1.29 is 4.74 Å². The molecule has 1 aromatic carbocycles. The van der Waals surface area contributed by atoms with Crippen molar-refractivity contribution in [2.45, 2.75) is 27.0 Å². The summed E-state index contributed by atoms with van der Waals surface area (Å²) < 4.78 is 8.87. The van der Waals surface area contributed by atoms with Gasteiger partial charge in [-0.1, -0.05) is 22.9 Å². The van der Waals surface area contributed by atoms with E-state index in [-0.39, 0.29) is 0 Å². The lowest BCUT2D eigenvalue weighted by Gasteiger charge is -2.12. The van der Waals surface area contributed by atoms with Gasteiger partial charge in [-0.15, -0.1) is 10.2 Å². The largest absolute Gasteiger partial charge is 0.485 e. The fourth-order valence-corrected chi connectivity index (χ4v) is 2.21. The van der Waals surface area contributed by atoms with E-state index in [4.69, 9.17) is 4.74 Å². The monoisotopic (exact) mass is 338 g/mol. The van der Waals surface area contributed by atoms with Gasteiger partial charge < -0.3 is 14.6 Å². The Morgan fingerprint density at radius 1 is 1.35 bits per heavy atom. The molecule has 0 unspecified atom stereocenters. The van der Waals surface area contributed by atoms with Crippen molar-refractivity contribution in [2.24, 2.45) is 7.05 Å². The van der Waals surface area contributed by atoms with Gasteiger partial charge >= 0.3 is 0 Å². The molecular weight excluding hydrogens is 320 g/mol. The van der Waals surface area contributed by atoms with Gasteiger partial charge in [0.05, 0.1) is 0 Å². The summed E-state index contributed by atoms with van der Waals surface area (Å²) in [7, 11) is 1.94. The minimum absolute atomic E-state index is 0.415. The van der Waals surface area contributed by atoms with Crippen LogP contribution in [-0.4, -0.2) is 21.3 Å². The maximum atomic E-state index is 5.89. The molecule has 0 radical (unpaired) electrons. The molecule has 2 rings (SSSR count). The molecule has 6 heteroatoms. The van der Waals surface area contributed by atoms with Crippen LogP contribution in [0.5, 0.6) is 5.75 Å². The van der Waals surface area contributed by atoms with Crippen LogP contribution in [0.3, 0.4) is 0 Å². The second-order valence-electron chi connectivity index (χ2n) is 4.54. The molecule has 0 saturated carbocycles. The Kier molecular flexibility index (Phi) is 5.14. The van der Waals surface area contributed by atoms with Crippen LogP contribution in [0, 0.1) is 6.92 Å². The van der Waals surface area contributed by atoms with Crippen molar-refractivity contribution in [3.05, 3.63) is 39.9 Å². The maximum absolute atomic E-state index is 5.89. The number of nitrogens with zero attached hydrogens (tertiary/aromatic N) is 3. The summed E-state index contributed by atoms with van der Waals surface area (Å²) in [5.74, 6) is 2.57. The number of aromatic nitrogens is 3. The number of halogens is 1. The molecule has 5 nitrogen and oxygen atoms in total. The summed E-state index contributed by atoms with van der Waals surface area (Å²) in [6.45, 7) is 6.13. The lowest BCUT2D eigenvalue weighted by Crippen LogP contribution is -2.13. The maximum Gasteiger partial charge on any atom is 0.170 e. The first kappa shape index (κ1) is 15.0. The molecule has 2 aromatic rings. The van der Waals surface area contributed by atoms with Crippen molar-refractivity contribution in [1.82, 2.24) is 20.1 Å². The molecule has 0 amide bonds. The fraction of sp³-hybridized carbons (Fsp3) is 0.429. The second-order valence-corrected chi connectivity index (χ2v) is 5.46. The third-order valence-corrected chi connectivity index (χ3v) is 3.62. The predicted molar refractivity (Wildman–Crippen MR) is 81.6 cm³/mol. The highest BCUT2D eigenvalue weighted by atomic mass is 79.9. The van der Waals surface area contributed by atoms with Crippen LogP contribution >= 0.6 is 15.9 Å². The summed E-state index contributed by atoms with van der Waals surface area (Å²) in [6, 6.07) is 6.02. The van der Waals surface area contributed by atoms with Crippen LogP contribution in [0.25, 0.3) is 0 Å². The molecule has 1 aromatic heterocycles. The molecular formula is C14H19BrN4O. The van der Waals surface area contributed by atoms with E-state index in [2.05, 4.69) is 44.4 Å². The van der Waals surface area contributed by atoms with E-state index in [1.807, 2.05) is 30.7 Å². The Hall–Kier alpha value is -1.40. The Morgan fingerprint density at radius 2 is 2.15 bits per heavy atom. The van der Waals surface area contributed by atoms with Crippen LogP contribution in [0.15, 0.2) is 22.7 Å². The molecule has 20 heavy (non-hydrogen) atoms. The fourth-order valence-electron chi connectivity index (χ4n) is 1.81. The van der Waals surface area contributed by atoms with Crippen molar-refractivity contribution in [1.29, 1.82) is 0 Å². The Morgan fingerprint density at radius 3 is 2.80 bits per heavy atom. The normalized spacial score (nSPS) is 10.8. The number of rotatable bonds is 6. The molecule has 0 aliphatic heterocycles. The molecule has 0 fully saturated rings. The zero-order valence-electron chi connectivity index (χ0n) is 12.0. The van der Waals surface area contributed by atoms with E-state index in [0.717, 1.165) is 40.5 Å². The van der Waals surface area contributed by atoms with E-state index >= 15 is 0 Å². The van der Waals surface area contributed by atoms with Gasteiger partial charge in [0.1, 0.15) is 18.2 Å². The quantitative estimate of drug-likeness (QED) is 0.879. The van der Waals surface area contributed by atoms with E-state index in [0.29, 0.717) is 6.61 Å². The van der Waals surface area contributed by atoms with Crippen molar-refractivity contribution in [2.75, 3.05) is 6.54 Å². The number of hydrogen-bond acceptors (Lipinski definition) is 4. The van der Waals surface area contributed by atoms with Crippen molar-refractivity contribution >= 4 is 15.9 Å². The molecule has 0 aliphatic rings. The molecule has 0 spiro atoms. The Balaban J connectivity index is 2.10. The van der Waals surface area contributed by atoms with E-state index < -0.39 is 0 Å². The van der Waals surface area contributed by atoms with Gasteiger partial charge in [0.2, 0.25) is 0 Å². The van der Waals surface area contributed by atoms with E-state index in [1.54, 1.807) is 0 Å². The lowest BCUT2D eigenvalue weighted by molar-refractivity contribution is 0.287. The third-order valence-electron chi connectivity index (χ3n) is 3.13. The Labute approximate surface area is 127 Å². The van der Waals surface area contributed by atoms with Gasteiger partial charge in [-0.25, -0.2) is 0 Å². The molecule has 1 heterocycles. The van der Waals surface area contributed by atoms with Gasteiger partial charge in [0.15, 0.2) is 5.82 Å². The summed E-state index contributed by atoms with van der Waals surface area (Å²) in [5.41, 5.74) is 1.13. The standard InChI is InChI=1S/C14H19BrN4O/c1-4-16-8-11-7-12(15)5-6-13(11)20-9-14-18-17-10(2)19(14)3/h5-7,16H,4,8-9H2,1-3H3. The van der Waals surface area contributed by atoms with Crippen LogP contribution < -0.4 is 10.1 Å². The predicted octanol–water partition coefficient (Wildman–Crippen LogP) is 2.57. The van der Waals surface area contributed by atoms with Gasteiger partial charge in [-0.05, 0) is 31.7 Å². The first-order chi connectivity index (χ1) is 9.61. The molecule has 0 bridgehead atoms. The minimum atomic E-state index is 0.415. The molecule has 0 atom stereocenters. The Bertz CT molecular complexity index is 583. The highest BCUT2D eigenvalue weighted by Gasteiger charge is 2.08. The molecule has 1 N–H and O–H groups in total. The summed E-state index contributed by atoms with van der Waals surface area (Å²) in [5, 5.41) is 11.4. The van der Waals surface area contributed by atoms with Crippen molar-refractivity contribution in [3.63, 3.8) is 0 Å². The van der Waals surface area contributed by atoms with E-state index in [1.165, 1.54) is 0 Å². The zero-order valence-corrected chi connectivity index (χ0v) is 13.6. The van der Waals surface area contributed by atoms with Crippen molar-refractivity contribution in [3.8, 4) is 5.75 Å². The van der Waals surface area contributed by atoms with Gasteiger partial charge in [-0.2, -0.15) is 0 Å². The number of nitrogens with one attached hydrogen (secondary N) is 1. The first-order valence-electron chi connectivity index (χ1n) is 6.58. The summed E-state index contributed by atoms with van der Waals surface area (Å²) in [4.78, 5) is 0. The number of aryl methyl sites for hydroxylation is 1. The van der Waals surface area contributed by atoms with Crippen LogP contribution in [0.4, 0.5) is 0 Å². The molecule has 0 saturated heterocycles. The van der Waals surface area contributed by atoms with Crippen LogP contribution in [0.2, 0.25) is 0 Å². The average Bonchev–Trinajstić information content (AvgIpc) is 2.75. The third kappa shape index (κ3) is 3.58. The molecule has 108 valence electrons. The van der Waals surface area contributed by atoms with E-state index in [9.17, 15) is 0 Å². The highest BCUT2D eigenvalue weighted by Crippen LogP contribution is 2.24. The minimum Gasteiger partial charge on any atom is -0.485 e.